The van der Waals surface area contributed by atoms with E-state index in [0.717, 1.165) is 24.3 Å². The van der Waals surface area contributed by atoms with Crippen LogP contribution in [-0.4, -0.2) is 42.2 Å². The Morgan fingerprint density at radius 1 is 1.06 bits per heavy atom. The van der Waals surface area contributed by atoms with Gasteiger partial charge in [0, 0.05) is 24.7 Å². The molecule has 4 unspecified atom stereocenters. The number of hydrogen-bond donors (Lipinski definition) is 2. The number of nitrogens with one attached hydrogen (secondary N) is 1. The molecule has 3 aliphatic rings. The molecule has 3 fully saturated rings. The highest BCUT2D eigenvalue weighted by Crippen LogP contribution is 2.51. The summed E-state index contributed by atoms with van der Waals surface area (Å²) in [5.74, 6) is -0.242. The minimum Gasteiger partial charge on any atom is -0.496 e. The van der Waals surface area contributed by atoms with Crippen molar-refractivity contribution in [3.63, 3.8) is 0 Å². The Hall–Kier alpha value is -3.15. The monoisotopic (exact) mass is 456 g/mol. The molecule has 0 amide bonds. The Bertz CT molecular complexity index is 1110. The zero-order valence-corrected chi connectivity index (χ0v) is 19.8. The van der Waals surface area contributed by atoms with E-state index < -0.39 is 17.4 Å². The Kier molecular flexibility index (Phi) is 6.15. The standard InChI is InChI=1S/C29H32N2O3/c1-20-13-14-26(34-2)21(17-20)18-30-27-24-15-16-31(19-25(24)28(32)33)29(27,22-9-5-3-6-10-22)23-11-7-4-8-12-23/h3-14,17,24-25,27,30H,15-16,18-19H2,1-2H3,(H,32,33). The van der Waals surface area contributed by atoms with Gasteiger partial charge >= 0.3 is 5.97 Å². The summed E-state index contributed by atoms with van der Waals surface area (Å²) in [6, 6.07) is 27.3. The number of methoxy groups -OCH3 is 1. The van der Waals surface area contributed by atoms with Crippen LogP contribution in [0.2, 0.25) is 0 Å². The maximum atomic E-state index is 12.3. The van der Waals surface area contributed by atoms with Crippen molar-refractivity contribution >= 4 is 5.97 Å². The highest BCUT2D eigenvalue weighted by atomic mass is 16.5. The first-order chi connectivity index (χ1) is 16.6. The van der Waals surface area contributed by atoms with Crippen molar-refractivity contribution < 1.29 is 14.6 Å². The first-order valence-corrected chi connectivity index (χ1v) is 12.0. The first-order valence-electron chi connectivity index (χ1n) is 12.0. The number of nitrogens with zero attached hydrogens (tertiary/aromatic N) is 1. The molecule has 3 heterocycles. The van der Waals surface area contributed by atoms with Gasteiger partial charge in [-0.3, -0.25) is 9.69 Å². The van der Waals surface area contributed by atoms with Gasteiger partial charge < -0.3 is 15.2 Å². The van der Waals surface area contributed by atoms with E-state index in [-0.39, 0.29) is 12.0 Å². The number of ether oxygens (including phenoxy) is 1. The number of piperidine rings is 3. The number of hydrogen-bond acceptors (Lipinski definition) is 4. The molecule has 2 bridgehead atoms. The van der Waals surface area contributed by atoms with Crippen LogP contribution in [0, 0.1) is 18.8 Å². The fourth-order valence-corrected chi connectivity index (χ4v) is 6.30. The quantitative estimate of drug-likeness (QED) is 0.550. The molecule has 0 saturated carbocycles. The second kappa shape index (κ2) is 9.24. The second-order valence-corrected chi connectivity index (χ2v) is 9.52. The fraction of sp³-hybridized carbons (Fsp3) is 0.345. The van der Waals surface area contributed by atoms with Crippen molar-refractivity contribution in [2.45, 2.75) is 31.5 Å². The van der Waals surface area contributed by atoms with E-state index in [2.05, 4.69) is 77.8 Å². The Morgan fingerprint density at radius 3 is 2.29 bits per heavy atom. The molecule has 3 aromatic carbocycles. The first kappa shape index (κ1) is 22.6. The average molecular weight is 457 g/mol. The van der Waals surface area contributed by atoms with Gasteiger partial charge in [-0.15, -0.1) is 0 Å². The number of aryl methyl sites for hydroxylation is 1. The van der Waals surface area contributed by atoms with Crippen LogP contribution in [0.4, 0.5) is 0 Å². The van der Waals surface area contributed by atoms with E-state index >= 15 is 0 Å². The molecule has 5 heteroatoms. The lowest BCUT2D eigenvalue weighted by Gasteiger charge is -2.61. The zero-order valence-electron chi connectivity index (χ0n) is 19.8. The van der Waals surface area contributed by atoms with Crippen LogP contribution in [0.25, 0.3) is 0 Å². The molecule has 3 aliphatic heterocycles. The van der Waals surface area contributed by atoms with Crippen LogP contribution < -0.4 is 10.1 Å². The van der Waals surface area contributed by atoms with Gasteiger partial charge in [-0.2, -0.15) is 0 Å². The molecule has 2 N–H and O–H groups in total. The summed E-state index contributed by atoms with van der Waals surface area (Å²) in [7, 11) is 1.70. The molecule has 0 aliphatic carbocycles. The molecule has 34 heavy (non-hydrogen) atoms. The maximum absolute atomic E-state index is 12.3. The lowest BCUT2D eigenvalue weighted by atomic mass is 9.60. The zero-order chi connectivity index (χ0) is 23.7. The van der Waals surface area contributed by atoms with Crippen molar-refractivity contribution in [1.29, 1.82) is 0 Å². The van der Waals surface area contributed by atoms with Gasteiger partial charge in [-0.05, 0) is 43.0 Å². The summed E-state index contributed by atoms with van der Waals surface area (Å²) in [4.78, 5) is 14.7. The van der Waals surface area contributed by atoms with E-state index in [9.17, 15) is 9.90 Å². The highest BCUT2D eigenvalue weighted by Gasteiger charge is 2.59. The van der Waals surface area contributed by atoms with Gasteiger partial charge in [-0.1, -0.05) is 78.4 Å². The smallest absolute Gasteiger partial charge is 0.308 e. The fourth-order valence-electron chi connectivity index (χ4n) is 6.30. The molecule has 3 saturated heterocycles. The Morgan fingerprint density at radius 2 is 1.71 bits per heavy atom. The molecule has 0 spiro atoms. The minimum atomic E-state index is -0.704. The summed E-state index contributed by atoms with van der Waals surface area (Å²) in [6.45, 7) is 4.11. The van der Waals surface area contributed by atoms with Gasteiger partial charge in [0.05, 0.1) is 18.6 Å². The molecule has 6 rings (SSSR count). The van der Waals surface area contributed by atoms with Crippen LogP contribution >= 0.6 is 0 Å². The third kappa shape index (κ3) is 3.69. The molecular formula is C29H32N2O3. The number of aliphatic carboxylic acids is 1. The van der Waals surface area contributed by atoms with Gasteiger partial charge in [0.1, 0.15) is 5.75 Å². The van der Waals surface area contributed by atoms with Crippen molar-refractivity contribution in [3.8, 4) is 5.75 Å². The molecular weight excluding hydrogens is 424 g/mol. The van der Waals surface area contributed by atoms with Crippen molar-refractivity contribution in [2.24, 2.45) is 11.8 Å². The molecule has 4 atom stereocenters. The number of carboxylic acid groups (broad SMARTS) is 1. The normalized spacial score (nSPS) is 25.1. The van der Waals surface area contributed by atoms with Crippen LogP contribution in [0.5, 0.6) is 5.75 Å². The number of carbonyl (C=O) groups is 1. The van der Waals surface area contributed by atoms with Gasteiger partial charge in [-0.25, -0.2) is 0 Å². The third-order valence-electron chi connectivity index (χ3n) is 7.74. The summed E-state index contributed by atoms with van der Waals surface area (Å²) in [5.41, 5.74) is 4.20. The SMILES string of the molecule is COc1ccc(C)cc1CNC1C2CCN(CC2C(=O)O)C1(c1ccccc1)c1ccccc1. The average Bonchev–Trinajstić information content (AvgIpc) is 2.88. The molecule has 176 valence electrons. The van der Waals surface area contributed by atoms with Crippen LogP contribution in [0.3, 0.4) is 0 Å². The van der Waals surface area contributed by atoms with E-state index in [0.29, 0.717) is 13.1 Å². The molecule has 3 aromatic rings. The predicted molar refractivity (Wildman–Crippen MR) is 133 cm³/mol. The van der Waals surface area contributed by atoms with Crippen molar-refractivity contribution in [3.05, 3.63) is 101 Å². The van der Waals surface area contributed by atoms with E-state index in [1.54, 1.807) is 7.11 Å². The van der Waals surface area contributed by atoms with Crippen molar-refractivity contribution in [2.75, 3.05) is 20.2 Å². The van der Waals surface area contributed by atoms with Gasteiger partial charge in [0.15, 0.2) is 0 Å². The Balaban J connectivity index is 1.64. The third-order valence-corrected chi connectivity index (χ3v) is 7.74. The number of benzene rings is 3. The van der Waals surface area contributed by atoms with Gasteiger partial charge in [0.2, 0.25) is 0 Å². The Labute approximate surface area is 201 Å². The van der Waals surface area contributed by atoms with Crippen LogP contribution in [-0.2, 0) is 16.9 Å². The summed E-state index contributed by atoms with van der Waals surface area (Å²) >= 11 is 0. The largest absolute Gasteiger partial charge is 0.496 e. The van der Waals surface area contributed by atoms with Crippen LogP contribution in [0.15, 0.2) is 78.9 Å². The minimum absolute atomic E-state index is 0.0127. The molecule has 5 nitrogen and oxygen atoms in total. The summed E-state index contributed by atoms with van der Waals surface area (Å²) in [6.07, 6.45) is 0.862. The summed E-state index contributed by atoms with van der Waals surface area (Å²) < 4.78 is 5.64. The molecule has 0 radical (unpaired) electrons. The van der Waals surface area contributed by atoms with E-state index in [1.165, 1.54) is 16.7 Å². The number of fused-ring (bicyclic) bond motifs is 3. The predicted octanol–water partition coefficient (Wildman–Crippen LogP) is 4.44. The highest BCUT2D eigenvalue weighted by molar-refractivity contribution is 5.71. The number of carboxylic acids is 1. The van der Waals surface area contributed by atoms with Crippen LogP contribution in [0.1, 0.15) is 28.7 Å². The topological polar surface area (TPSA) is 61.8 Å². The van der Waals surface area contributed by atoms with Crippen molar-refractivity contribution in [1.82, 2.24) is 10.2 Å². The maximum Gasteiger partial charge on any atom is 0.308 e. The van der Waals surface area contributed by atoms with Gasteiger partial charge in [0.25, 0.3) is 0 Å². The number of rotatable bonds is 7. The molecule has 0 aromatic heterocycles. The summed E-state index contributed by atoms with van der Waals surface area (Å²) in [5, 5.41) is 14.0. The second-order valence-electron chi connectivity index (χ2n) is 9.52. The lowest BCUT2D eigenvalue weighted by molar-refractivity contribution is -0.157. The van der Waals surface area contributed by atoms with E-state index in [1.807, 2.05) is 18.2 Å². The van der Waals surface area contributed by atoms with E-state index in [4.69, 9.17) is 4.74 Å². The lowest BCUT2D eigenvalue weighted by Crippen LogP contribution is -2.72.